The molecular weight excluding hydrogens is 320 g/mol. The number of carbonyl (C=O) groups is 2. The summed E-state index contributed by atoms with van der Waals surface area (Å²) in [6.45, 7) is 2.62. The fourth-order valence-corrected chi connectivity index (χ4v) is 2.30. The van der Waals surface area contributed by atoms with E-state index in [9.17, 15) is 9.59 Å². The standard InChI is InChI=1S/C18H32O4.Ca.2H/c1-2-3-4-5-6-7-8-9-10-11-12-13-16-22-18(21)15-14-17(19)20;;;/h14-15H,2-13,16H2,1H3,(H,19,20);;;/b15-14+;;;. The molecule has 0 aromatic heterocycles. The van der Waals surface area contributed by atoms with E-state index in [4.69, 9.17) is 9.84 Å². The number of aliphatic carboxylic acids is 1. The first kappa shape index (κ1) is 25.2. The molecule has 0 aliphatic heterocycles. The summed E-state index contributed by atoms with van der Waals surface area (Å²) < 4.78 is 4.90. The third kappa shape index (κ3) is 21.9. The summed E-state index contributed by atoms with van der Waals surface area (Å²) in [6.07, 6.45) is 16.9. The summed E-state index contributed by atoms with van der Waals surface area (Å²) in [4.78, 5) is 21.3. The minimum absolute atomic E-state index is 0. The number of carbonyl (C=O) groups excluding carboxylic acids is 1. The number of hydrogen-bond acceptors (Lipinski definition) is 3. The number of rotatable bonds is 15. The molecule has 0 unspecified atom stereocenters. The monoisotopic (exact) mass is 354 g/mol. The van der Waals surface area contributed by atoms with Crippen LogP contribution < -0.4 is 0 Å². The van der Waals surface area contributed by atoms with Gasteiger partial charge in [0.15, 0.2) is 0 Å². The summed E-state index contributed by atoms with van der Waals surface area (Å²) >= 11 is 0. The fraction of sp³-hybridized carbons (Fsp3) is 0.778. The van der Waals surface area contributed by atoms with Gasteiger partial charge in [-0.3, -0.25) is 0 Å². The summed E-state index contributed by atoms with van der Waals surface area (Å²) in [5, 5.41) is 8.35. The van der Waals surface area contributed by atoms with Crippen LogP contribution in [-0.4, -0.2) is 61.4 Å². The van der Waals surface area contributed by atoms with Crippen molar-refractivity contribution in [2.24, 2.45) is 0 Å². The van der Waals surface area contributed by atoms with E-state index in [2.05, 4.69) is 6.92 Å². The molecule has 0 saturated heterocycles. The van der Waals surface area contributed by atoms with E-state index in [1.54, 1.807) is 0 Å². The SMILES string of the molecule is CCCCCCCCCCCCCCOC(=O)/C=C/C(=O)O.[CaH2]. The van der Waals surface area contributed by atoms with Gasteiger partial charge in [-0.15, -0.1) is 0 Å². The molecule has 0 radical (unpaired) electrons. The Morgan fingerprint density at radius 3 is 1.65 bits per heavy atom. The molecule has 0 aliphatic rings. The van der Waals surface area contributed by atoms with Crippen LogP contribution in [-0.2, 0) is 14.3 Å². The molecule has 0 aromatic carbocycles. The van der Waals surface area contributed by atoms with Gasteiger partial charge in [0.25, 0.3) is 0 Å². The van der Waals surface area contributed by atoms with E-state index < -0.39 is 11.9 Å². The number of unbranched alkanes of at least 4 members (excludes halogenated alkanes) is 11. The van der Waals surface area contributed by atoms with Crippen LogP contribution in [0.5, 0.6) is 0 Å². The van der Waals surface area contributed by atoms with Crippen molar-refractivity contribution < 1.29 is 19.4 Å². The van der Waals surface area contributed by atoms with Gasteiger partial charge < -0.3 is 9.84 Å². The minimum atomic E-state index is -1.14. The molecule has 0 atom stereocenters. The van der Waals surface area contributed by atoms with Gasteiger partial charge in [0, 0.05) is 12.2 Å². The Kier molecular flexibility index (Phi) is 21.9. The van der Waals surface area contributed by atoms with Gasteiger partial charge in [0.05, 0.1) is 6.61 Å². The van der Waals surface area contributed by atoms with Crippen LogP contribution in [0.2, 0.25) is 0 Å². The Morgan fingerprint density at radius 1 is 0.783 bits per heavy atom. The Labute approximate surface area is 171 Å². The zero-order valence-corrected chi connectivity index (χ0v) is 14.0. The summed E-state index contributed by atoms with van der Waals surface area (Å²) in [5.41, 5.74) is 0. The van der Waals surface area contributed by atoms with Gasteiger partial charge in [0.1, 0.15) is 0 Å². The van der Waals surface area contributed by atoms with Gasteiger partial charge in [0.2, 0.25) is 0 Å². The number of carboxylic acid groups (broad SMARTS) is 1. The molecule has 0 rings (SSSR count). The maximum atomic E-state index is 11.1. The van der Waals surface area contributed by atoms with E-state index in [1.807, 2.05) is 0 Å². The van der Waals surface area contributed by atoms with Crippen molar-refractivity contribution in [2.45, 2.75) is 84.0 Å². The molecule has 0 fully saturated rings. The molecule has 0 aliphatic carbocycles. The Hall–Kier alpha value is -0.0603. The second-order valence-electron chi connectivity index (χ2n) is 5.73. The molecule has 23 heavy (non-hydrogen) atoms. The molecular formula is C18H34CaO4. The molecule has 4 nitrogen and oxygen atoms in total. The number of ether oxygens (including phenoxy) is 1. The first-order valence-electron chi connectivity index (χ1n) is 8.74. The quantitative estimate of drug-likeness (QED) is 0.209. The molecule has 5 heteroatoms. The van der Waals surface area contributed by atoms with Crippen LogP contribution in [0.4, 0.5) is 0 Å². The topological polar surface area (TPSA) is 63.6 Å². The van der Waals surface area contributed by atoms with Crippen molar-refractivity contribution in [1.82, 2.24) is 0 Å². The summed E-state index contributed by atoms with van der Waals surface area (Å²) in [6, 6.07) is 0. The van der Waals surface area contributed by atoms with Crippen LogP contribution in [0.25, 0.3) is 0 Å². The van der Waals surface area contributed by atoms with Crippen LogP contribution in [0.3, 0.4) is 0 Å². The van der Waals surface area contributed by atoms with Crippen molar-refractivity contribution in [1.29, 1.82) is 0 Å². The van der Waals surface area contributed by atoms with E-state index in [1.165, 1.54) is 64.2 Å². The molecule has 0 saturated carbocycles. The molecule has 0 aromatic rings. The predicted octanol–water partition coefficient (Wildman–Crippen LogP) is 3.96. The molecule has 132 valence electrons. The molecule has 0 bridgehead atoms. The molecule has 1 N–H and O–H groups in total. The van der Waals surface area contributed by atoms with Crippen molar-refractivity contribution in [3.8, 4) is 0 Å². The number of hydrogen-bond donors (Lipinski definition) is 1. The van der Waals surface area contributed by atoms with E-state index in [0.29, 0.717) is 6.61 Å². The average Bonchev–Trinajstić information content (AvgIpc) is 2.49. The zero-order chi connectivity index (χ0) is 16.5. The van der Waals surface area contributed by atoms with Crippen molar-refractivity contribution >= 4 is 49.7 Å². The third-order valence-corrected chi connectivity index (χ3v) is 3.60. The fourth-order valence-electron chi connectivity index (χ4n) is 2.30. The Bertz CT molecular complexity index is 316. The van der Waals surface area contributed by atoms with E-state index in [0.717, 1.165) is 25.0 Å². The molecule has 0 spiro atoms. The zero-order valence-electron chi connectivity index (χ0n) is 14.0. The molecule has 0 heterocycles. The first-order valence-corrected chi connectivity index (χ1v) is 8.74. The second kappa shape index (κ2) is 20.0. The number of esters is 1. The Morgan fingerprint density at radius 2 is 1.22 bits per heavy atom. The van der Waals surface area contributed by atoms with Crippen LogP contribution >= 0.6 is 0 Å². The van der Waals surface area contributed by atoms with Gasteiger partial charge in [-0.1, -0.05) is 77.6 Å². The summed E-state index contributed by atoms with van der Waals surface area (Å²) in [7, 11) is 0. The van der Waals surface area contributed by atoms with Gasteiger partial charge in [-0.25, -0.2) is 9.59 Å². The van der Waals surface area contributed by atoms with Gasteiger partial charge in [-0.05, 0) is 6.42 Å². The van der Waals surface area contributed by atoms with Crippen molar-refractivity contribution in [2.75, 3.05) is 6.61 Å². The average molecular weight is 355 g/mol. The molecule has 0 amide bonds. The van der Waals surface area contributed by atoms with Crippen LogP contribution in [0.15, 0.2) is 12.2 Å². The van der Waals surface area contributed by atoms with Crippen LogP contribution in [0, 0.1) is 0 Å². The Balaban J connectivity index is 0. The van der Waals surface area contributed by atoms with Gasteiger partial charge in [-0.2, -0.15) is 0 Å². The normalized spacial score (nSPS) is 10.5. The predicted molar refractivity (Wildman–Crippen MR) is 97.4 cm³/mol. The van der Waals surface area contributed by atoms with Crippen molar-refractivity contribution in [3.05, 3.63) is 12.2 Å². The third-order valence-electron chi connectivity index (χ3n) is 3.60. The van der Waals surface area contributed by atoms with Crippen molar-refractivity contribution in [3.63, 3.8) is 0 Å². The second-order valence-corrected chi connectivity index (χ2v) is 5.73. The maximum absolute atomic E-state index is 11.1. The first-order chi connectivity index (χ1) is 10.7. The summed E-state index contributed by atoms with van der Waals surface area (Å²) in [5.74, 6) is -1.72. The van der Waals surface area contributed by atoms with E-state index in [-0.39, 0.29) is 37.7 Å². The van der Waals surface area contributed by atoms with E-state index >= 15 is 0 Å². The number of carboxylic acids is 1. The van der Waals surface area contributed by atoms with Gasteiger partial charge >= 0.3 is 49.7 Å². The van der Waals surface area contributed by atoms with Crippen LogP contribution in [0.1, 0.15) is 84.0 Å².